The fourth-order valence-corrected chi connectivity index (χ4v) is 4.35. The van der Waals surface area contributed by atoms with Crippen molar-refractivity contribution in [2.45, 2.75) is 19.3 Å². The lowest BCUT2D eigenvalue weighted by Gasteiger charge is -2.25. The van der Waals surface area contributed by atoms with Crippen molar-refractivity contribution in [3.05, 3.63) is 65.5 Å². The van der Waals surface area contributed by atoms with Gasteiger partial charge in [0.15, 0.2) is 0 Å². The number of amides is 1. The molecule has 5 rings (SSSR count). The summed E-state index contributed by atoms with van der Waals surface area (Å²) in [5.74, 6) is 2.44. The predicted molar refractivity (Wildman–Crippen MR) is 128 cm³/mol. The van der Waals surface area contributed by atoms with Crippen LogP contribution in [-0.2, 0) is 4.79 Å². The van der Waals surface area contributed by atoms with E-state index in [-0.39, 0.29) is 24.2 Å². The number of fused-ring (bicyclic) bond motifs is 1. The molecule has 4 aromatic rings. The molecule has 0 fully saturated rings. The van der Waals surface area contributed by atoms with E-state index in [9.17, 15) is 4.79 Å². The molecule has 10 heteroatoms. The zero-order chi connectivity index (χ0) is 24.5. The van der Waals surface area contributed by atoms with Gasteiger partial charge in [0.05, 0.1) is 38.9 Å². The largest absolute Gasteiger partial charge is 0.497 e. The number of rotatable bonds is 6. The normalized spacial score (nSPS) is 14.7. The molecular weight excluding hydrogens is 448 g/mol. The summed E-state index contributed by atoms with van der Waals surface area (Å²) in [6, 6.07) is 13.1. The highest BCUT2D eigenvalue weighted by Crippen LogP contribution is 2.43. The topological polar surface area (TPSA) is 113 Å². The highest BCUT2D eigenvalue weighted by atomic mass is 16.5. The lowest BCUT2D eigenvalue weighted by Crippen LogP contribution is -2.25. The third kappa shape index (κ3) is 4.03. The standard InChI is InChI=1S/C25H24N6O4/c1-14-23-19(18-10-9-17(34-3)11-21(18)35-4)12-22(32)28-24(23)31(30-14)25-27-20(13-26-29-25)15-5-7-16(33-2)8-6-15/h5-11,13,19H,12H2,1-4H3,(H,28,32)/t19-/m0/s1. The fourth-order valence-electron chi connectivity index (χ4n) is 4.35. The van der Waals surface area contributed by atoms with Gasteiger partial charge in [-0.2, -0.15) is 14.9 Å². The third-order valence-corrected chi connectivity index (χ3v) is 6.04. The Hall–Kier alpha value is -4.47. The maximum Gasteiger partial charge on any atom is 0.272 e. The van der Waals surface area contributed by atoms with Gasteiger partial charge in [0, 0.05) is 35.1 Å². The minimum Gasteiger partial charge on any atom is -0.497 e. The molecule has 0 unspecified atom stereocenters. The summed E-state index contributed by atoms with van der Waals surface area (Å²) in [6.07, 6.45) is 1.84. The van der Waals surface area contributed by atoms with E-state index in [1.54, 1.807) is 27.5 Å². The molecule has 2 aromatic carbocycles. The fraction of sp³-hybridized carbons (Fsp3) is 0.240. The Balaban J connectivity index is 1.59. The van der Waals surface area contributed by atoms with Gasteiger partial charge < -0.3 is 19.5 Å². The molecule has 0 radical (unpaired) electrons. The Kier molecular flexibility index (Phi) is 5.77. The molecule has 3 heterocycles. The minimum absolute atomic E-state index is 0.138. The lowest BCUT2D eigenvalue weighted by molar-refractivity contribution is -0.116. The van der Waals surface area contributed by atoms with E-state index < -0.39 is 0 Å². The molecule has 1 atom stereocenters. The molecule has 10 nitrogen and oxygen atoms in total. The number of hydrogen-bond acceptors (Lipinski definition) is 8. The Morgan fingerprint density at radius 2 is 1.74 bits per heavy atom. The van der Waals surface area contributed by atoms with Crippen molar-refractivity contribution in [1.29, 1.82) is 0 Å². The van der Waals surface area contributed by atoms with Gasteiger partial charge in [-0.05, 0) is 37.3 Å². The van der Waals surface area contributed by atoms with E-state index >= 15 is 0 Å². The summed E-state index contributed by atoms with van der Waals surface area (Å²) < 4.78 is 17.7. The van der Waals surface area contributed by atoms with Gasteiger partial charge >= 0.3 is 0 Å². The first-order valence-corrected chi connectivity index (χ1v) is 11.0. The minimum atomic E-state index is -0.258. The first-order chi connectivity index (χ1) is 17.0. The SMILES string of the molecule is COc1ccc(-c2cnnc(-n3nc(C)c4c3NC(=O)C[C@H]4c3ccc(OC)cc3OC)n2)cc1. The second-order valence-corrected chi connectivity index (χ2v) is 8.04. The number of aryl methyl sites for hydroxylation is 1. The van der Waals surface area contributed by atoms with Crippen molar-refractivity contribution in [1.82, 2.24) is 25.0 Å². The summed E-state index contributed by atoms with van der Waals surface area (Å²) in [4.78, 5) is 17.5. The number of carbonyl (C=O) groups is 1. The summed E-state index contributed by atoms with van der Waals surface area (Å²) >= 11 is 0. The highest BCUT2D eigenvalue weighted by molar-refractivity contribution is 5.95. The maximum absolute atomic E-state index is 12.8. The average Bonchev–Trinajstić information content (AvgIpc) is 3.23. The average molecular weight is 473 g/mol. The van der Waals surface area contributed by atoms with E-state index in [2.05, 4.69) is 25.6 Å². The number of carbonyl (C=O) groups excluding carboxylic acids is 1. The van der Waals surface area contributed by atoms with Crippen LogP contribution in [0.4, 0.5) is 5.82 Å². The second kappa shape index (κ2) is 9.05. The summed E-state index contributed by atoms with van der Waals surface area (Å²) in [6.45, 7) is 1.90. The molecular formula is C25H24N6O4. The van der Waals surface area contributed by atoms with E-state index in [0.717, 1.165) is 28.1 Å². The van der Waals surface area contributed by atoms with Crippen molar-refractivity contribution < 1.29 is 19.0 Å². The molecule has 1 aliphatic rings. The van der Waals surface area contributed by atoms with Gasteiger partial charge in [-0.25, -0.2) is 4.98 Å². The number of aromatic nitrogens is 5. The van der Waals surface area contributed by atoms with E-state index in [0.29, 0.717) is 23.0 Å². The van der Waals surface area contributed by atoms with Crippen LogP contribution in [0.5, 0.6) is 17.2 Å². The van der Waals surface area contributed by atoms with Gasteiger partial charge in [-0.15, -0.1) is 5.10 Å². The summed E-state index contributed by atoms with van der Waals surface area (Å²) in [7, 11) is 4.82. The number of benzene rings is 2. The van der Waals surface area contributed by atoms with Crippen LogP contribution in [0, 0.1) is 6.92 Å². The zero-order valence-corrected chi connectivity index (χ0v) is 19.8. The van der Waals surface area contributed by atoms with Crippen LogP contribution in [0.25, 0.3) is 17.2 Å². The first-order valence-electron chi connectivity index (χ1n) is 11.0. The first kappa shape index (κ1) is 22.3. The van der Waals surface area contributed by atoms with Crippen LogP contribution < -0.4 is 19.5 Å². The van der Waals surface area contributed by atoms with E-state index in [1.165, 1.54) is 4.68 Å². The van der Waals surface area contributed by atoms with Gasteiger partial charge in [0.1, 0.15) is 23.1 Å². The Labute approximate surface area is 201 Å². The van der Waals surface area contributed by atoms with E-state index in [4.69, 9.17) is 14.2 Å². The van der Waals surface area contributed by atoms with Crippen LogP contribution >= 0.6 is 0 Å². The molecule has 178 valence electrons. The van der Waals surface area contributed by atoms with Crippen LogP contribution in [0.1, 0.15) is 29.2 Å². The number of nitrogens with one attached hydrogen (secondary N) is 1. The Bertz CT molecular complexity index is 1400. The molecule has 35 heavy (non-hydrogen) atoms. The molecule has 0 saturated heterocycles. The molecule has 2 aromatic heterocycles. The van der Waals surface area contributed by atoms with Gasteiger partial charge in [0.2, 0.25) is 5.91 Å². The zero-order valence-electron chi connectivity index (χ0n) is 19.8. The molecule has 1 amide bonds. The van der Waals surface area contributed by atoms with Crippen LogP contribution in [0.15, 0.2) is 48.7 Å². The van der Waals surface area contributed by atoms with Crippen molar-refractivity contribution in [2.24, 2.45) is 0 Å². The Morgan fingerprint density at radius 1 is 1.00 bits per heavy atom. The molecule has 1 aliphatic heterocycles. The highest BCUT2D eigenvalue weighted by Gasteiger charge is 2.35. The van der Waals surface area contributed by atoms with Crippen LogP contribution in [-0.4, -0.2) is 52.2 Å². The predicted octanol–water partition coefficient (Wildman–Crippen LogP) is 3.53. The lowest BCUT2D eigenvalue weighted by atomic mass is 9.85. The molecule has 0 spiro atoms. The molecule has 0 bridgehead atoms. The quantitative estimate of drug-likeness (QED) is 0.453. The molecule has 0 aliphatic carbocycles. The van der Waals surface area contributed by atoms with Crippen molar-refractivity contribution in [3.8, 4) is 34.5 Å². The van der Waals surface area contributed by atoms with Crippen molar-refractivity contribution in [3.63, 3.8) is 0 Å². The van der Waals surface area contributed by atoms with Gasteiger partial charge in [-0.1, -0.05) is 6.07 Å². The van der Waals surface area contributed by atoms with Gasteiger partial charge in [0.25, 0.3) is 5.95 Å². The van der Waals surface area contributed by atoms with Crippen LogP contribution in [0.3, 0.4) is 0 Å². The second-order valence-electron chi connectivity index (χ2n) is 8.04. The Morgan fingerprint density at radius 3 is 2.46 bits per heavy atom. The monoisotopic (exact) mass is 472 g/mol. The van der Waals surface area contributed by atoms with Crippen molar-refractivity contribution in [2.75, 3.05) is 26.6 Å². The number of nitrogens with zero attached hydrogens (tertiary/aromatic N) is 5. The number of methoxy groups -OCH3 is 3. The smallest absolute Gasteiger partial charge is 0.272 e. The van der Waals surface area contributed by atoms with Crippen LogP contribution in [0.2, 0.25) is 0 Å². The van der Waals surface area contributed by atoms with E-state index in [1.807, 2.05) is 49.4 Å². The summed E-state index contributed by atoms with van der Waals surface area (Å²) in [5.41, 5.74) is 3.98. The van der Waals surface area contributed by atoms with Gasteiger partial charge in [-0.3, -0.25) is 4.79 Å². The molecule has 1 N–H and O–H groups in total. The van der Waals surface area contributed by atoms with Crippen molar-refractivity contribution >= 4 is 11.7 Å². The summed E-state index contributed by atoms with van der Waals surface area (Å²) in [5, 5.41) is 16.0. The number of hydrogen-bond donors (Lipinski definition) is 1. The number of anilines is 1. The maximum atomic E-state index is 12.8. The number of ether oxygens (including phenoxy) is 3. The third-order valence-electron chi connectivity index (χ3n) is 6.04. The molecule has 0 saturated carbocycles.